The van der Waals surface area contributed by atoms with Gasteiger partial charge >= 0.3 is 0 Å². The third-order valence-electron chi connectivity index (χ3n) is 1.31. The second kappa shape index (κ2) is 5.47. The Balaban J connectivity index is 4.02. The molecule has 0 saturated heterocycles. The maximum atomic E-state index is 8.59. The van der Waals surface area contributed by atoms with Crippen LogP contribution in [-0.4, -0.2) is 10.2 Å². The summed E-state index contributed by atoms with van der Waals surface area (Å²) in [4.78, 5) is 0. The second-order valence-corrected chi connectivity index (χ2v) is 2.99. The zero-order valence-corrected chi connectivity index (χ0v) is 7.78. The van der Waals surface area contributed by atoms with E-state index in [1.54, 1.807) is 19.1 Å². The molecule has 0 saturated carbocycles. The predicted molar refractivity (Wildman–Crippen MR) is 51.1 cm³/mol. The standard InChI is InChI=1S/C10H16O2/c1-8(2)6-4-5-7-9(3)10(11)12/h4-8,11-12H,1-3H3/b6-4+,7-5+. The van der Waals surface area contributed by atoms with Crippen molar-refractivity contribution in [3.05, 3.63) is 35.8 Å². The molecule has 0 aliphatic rings. The van der Waals surface area contributed by atoms with E-state index < -0.39 is 5.95 Å². The Labute approximate surface area is 73.5 Å². The van der Waals surface area contributed by atoms with E-state index in [1.165, 1.54) is 0 Å². The van der Waals surface area contributed by atoms with E-state index in [4.69, 9.17) is 10.2 Å². The predicted octanol–water partition coefficient (Wildman–Crippen LogP) is 3.10. The van der Waals surface area contributed by atoms with Gasteiger partial charge in [-0.1, -0.05) is 38.2 Å². The highest BCUT2D eigenvalue weighted by atomic mass is 16.5. The number of aliphatic hydroxyl groups excluding tert-OH is 1. The zero-order chi connectivity index (χ0) is 9.56. The Morgan fingerprint density at radius 2 is 1.75 bits per heavy atom. The average Bonchev–Trinajstić information content (AvgIpc) is 1.97. The molecule has 2 heteroatoms. The van der Waals surface area contributed by atoms with Crippen LogP contribution in [0.25, 0.3) is 0 Å². The summed E-state index contributed by atoms with van der Waals surface area (Å²) in [6, 6.07) is 0. The number of hydrogen-bond acceptors (Lipinski definition) is 2. The highest BCUT2D eigenvalue weighted by Crippen LogP contribution is 1.99. The minimum absolute atomic E-state index is 0.461. The third-order valence-corrected chi connectivity index (χ3v) is 1.31. The van der Waals surface area contributed by atoms with Gasteiger partial charge in [0.05, 0.1) is 0 Å². The first-order valence-corrected chi connectivity index (χ1v) is 3.97. The van der Waals surface area contributed by atoms with Gasteiger partial charge in [-0.05, 0) is 12.8 Å². The first-order chi connectivity index (χ1) is 5.54. The van der Waals surface area contributed by atoms with Crippen LogP contribution < -0.4 is 0 Å². The third kappa shape index (κ3) is 5.59. The summed E-state index contributed by atoms with van der Waals surface area (Å²) in [5.41, 5.74) is 0.461. The lowest BCUT2D eigenvalue weighted by atomic mass is 10.2. The Morgan fingerprint density at radius 1 is 1.17 bits per heavy atom. The summed E-state index contributed by atoms with van der Waals surface area (Å²) in [6.45, 7) is 5.79. The quantitative estimate of drug-likeness (QED) is 0.502. The Morgan fingerprint density at radius 3 is 2.17 bits per heavy atom. The molecule has 0 aliphatic heterocycles. The first kappa shape index (κ1) is 10.8. The molecule has 0 spiro atoms. The monoisotopic (exact) mass is 168 g/mol. The molecule has 0 aromatic rings. The van der Waals surface area contributed by atoms with Crippen LogP contribution in [0.4, 0.5) is 0 Å². The fourth-order valence-electron chi connectivity index (χ4n) is 0.561. The summed E-state index contributed by atoms with van der Waals surface area (Å²) >= 11 is 0. The van der Waals surface area contributed by atoms with Crippen LogP contribution in [0.3, 0.4) is 0 Å². The first-order valence-electron chi connectivity index (χ1n) is 3.97. The number of aliphatic hydroxyl groups is 2. The SMILES string of the molecule is CC(/C=C/C=C/C(C)C)=C(O)O. The molecule has 2 N–H and O–H groups in total. The van der Waals surface area contributed by atoms with Crippen molar-refractivity contribution in [1.29, 1.82) is 0 Å². The van der Waals surface area contributed by atoms with Gasteiger partial charge in [0, 0.05) is 5.57 Å². The van der Waals surface area contributed by atoms with E-state index in [0.29, 0.717) is 11.5 Å². The lowest BCUT2D eigenvalue weighted by Gasteiger charge is -1.91. The number of allylic oxidation sites excluding steroid dienone is 5. The zero-order valence-electron chi connectivity index (χ0n) is 7.78. The molecule has 68 valence electrons. The van der Waals surface area contributed by atoms with Crippen molar-refractivity contribution in [3.8, 4) is 0 Å². The highest BCUT2D eigenvalue weighted by Gasteiger charge is 1.88. The van der Waals surface area contributed by atoms with Crippen molar-refractivity contribution in [1.82, 2.24) is 0 Å². The van der Waals surface area contributed by atoms with Gasteiger partial charge in [-0.25, -0.2) is 0 Å². The van der Waals surface area contributed by atoms with E-state index in [-0.39, 0.29) is 0 Å². The molecule has 0 radical (unpaired) electrons. The second-order valence-electron chi connectivity index (χ2n) is 2.99. The Kier molecular flexibility index (Phi) is 4.93. The summed E-state index contributed by atoms with van der Waals surface area (Å²) in [5, 5.41) is 17.2. The highest BCUT2D eigenvalue weighted by molar-refractivity contribution is 5.20. The number of rotatable bonds is 3. The smallest absolute Gasteiger partial charge is 0.277 e. The summed E-state index contributed by atoms with van der Waals surface area (Å²) in [5.74, 6) is -0.106. The van der Waals surface area contributed by atoms with Crippen molar-refractivity contribution in [2.24, 2.45) is 5.92 Å². The van der Waals surface area contributed by atoms with Gasteiger partial charge in [-0.3, -0.25) is 0 Å². The molecule has 12 heavy (non-hydrogen) atoms. The van der Waals surface area contributed by atoms with Crippen LogP contribution in [0.5, 0.6) is 0 Å². The van der Waals surface area contributed by atoms with Crippen molar-refractivity contribution >= 4 is 0 Å². The Bertz CT molecular complexity index is 206. The van der Waals surface area contributed by atoms with Gasteiger partial charge in [0.25, 0.3) is 5.95 Å². The molecule has 0 aromatic carbocycles. The average molecular weight is 168 g/mol. The molecule has 0 aliphatic carbocycles. The summed E-state index contributed by atoms with van der Waals surface area (Å²) in [6.07, 6.45) is 7.34. The molecule has 2 nitrogen and oxygen atoms in total. The van der Waals surface area contributed by atoms with E-state index in [1.807, 2.05) is 12.2 Å². The van der Waals surface area contributed by atoms with Gasteiger partial charge in [0.15, 0.2) is 0 Å². The van der Waals surface area contributed by atoms with Crippen LogP contribution in [-0.2, 0) is 0 Å². The van der Waals surface area contributed by atoms with Crippen molar-refractivity contribution in [2.45, 2.75) is 20.8 Å². The van der Waals surface area contributed by atoms with Crippen LogP contribution in [0.2, 0.25) is 0 Å². The van der Waals surface area contributed by atoms with E-state index in [9.17, 15) is 0 Å². The van der Waals surface area contributed by atoms with Crippen LogP contribution >= 0.6 is 0 Å². The fraction of sp³-hybridized carbons (Fsp3) is 0.400. The van der Waals surface area contributed by atoms with Crippen LogP contribution in [0, 0.1) is 5.92 Å². The van der Waals surface area contributed by atoms with Gasteiger partial charge in [0.1, 0.15) is 0 Å². The van der Waals surface area contributed by atoms with Crippen molar-refractivity contribution < 1.29 is 10.2 Å². The summed E-state index contributed by atoms with van der Waals surface area (Å²) in [7, 11) is 0. The topological polar surface area (TPSA) is 40.5 Å². The van der Waals surface area contributed by atoms with E-state index >= 15 is 0 Å². The molecular weight excluding hydrogens is 152 g/mol. The molecule has 0 amide bonds. The largest absolute Gasteiger partial charge is 0.481 e. The Hall–Kier alpha value is -1.18. The minimum atomic E-state index is -0.621. The van der Waals surface area contributed by atoms with Gasteiger partial charge < -0.3 is 10.2 Å². The van der Waals surface area contributed by atoms with Crippen LogP contribution in [0.15, 0.2) is 35.8 Å². The maximum absolute atomic E-state index is 8.59. The normalized spacial score (nSPS) is 11.7. The lowest BCUT2D eigenvalue weighted by Crippen LogP contribution is -1.80. The molecular formula is C10H16O2. The van der Waals surface area contributed by atoms with Crippen molar-refractivity contribution in [3.63, 3.8) is 0 Å². The molecule has 0 heterocycles. The lowest BCUT2D eigenvalue weighted by molar-refractivity contribution is 0.187. The van der Waals surface area contributed by atoms with E-state index in [0.717, 1.165) is 0 Å². The van der Waals surface area contributed by atoms with Gasteiger partial charge in [-0.2, -0.15) is 0 Å². The summed E-state index contributed by atoms with van der Waals surface area (Å²) < 4.78 is 0. The fourth-order valence-corrected chi connectivity index (χ4v) is 0.561. The maximum Gasteiger partial charge on any atom is 0.277 e. The number of hydrogen-bond donors (Lipinski definition) is 2. The molecule has 0 atom stereocenters. The van der Waals surface area contributed by atoms with Gasteiger partial charge in [-0.15, -0.1) is 0 Å². The van der Waals surface area contributed by atoms with Gasteiger partial charge in [0.2, 0.25) is 0 Å². The van der Waals surface area contributed by atoms with Crippen molar-refractivity contribution in [2.75, 3.05) is 0 Å². The van der Waals surface area contributed by atoms with Crippen LogP contribution in [0.1, 0.15) is 20.8 Å². The minimum Gasteiger partial charge on any atom is -0.481 e. The molecule has 0 rings (SSSR count). The molecule has 0 bridgehead atoms. The molecule has 0 fully saturated rings. The molecule has 0 unspecified atom stereocenters. The van der Waals surface area contributed by atoms with E-state index in [2.05, 4.69) is 13.8 Å². The molecule has 0 aromatic heterocycles.